The van der Waals surface area contributed by atoms with Gasteiger partial charge in [-0.25, -0.2) is 0 Å². The van der Waals surface area contributed by atoms with Crippen molar-refractivity contribution < 1.29 is 0 Å². The number of fused-ring (bicyclic) bond motifs is 3. The van der Waals surface area contributed by atoms with E-state index in [-0.39, 0.29) is 23.7 Å². The average Bonchev–Trinajstić information content (AvgIpc) is 2.45. The summed E-state index contributed by atoms with van der Waals surface area (Å²) in [5.41, 5.74) is 0. The van der Waals surface area contributed by atoms with E-state index in [0.717, 1.165) is 12.8 Å². The van der Waals surface area contributed by atoms with Gasteiger partial charge in [0, 0.05) is 25.7 Å². The minimum Gasteiger partial charge on any atom is -0.198 e. The Hall–Kier alpha value is -2.04. The van der Waals surface area contributed by atoms with E-state index in [4.69, 9.17) is 21.0 Å². The molecule has 0 aromatic heterocycles. The molecule has 4 nitrogen and oxygen atoms in total. The van der Waals surface area contributed by atoms with Crippen molar-refractivity contribution in [1.82, 2.24) is 0 Å². The van der Waals surface area contributed by atoms with Crippen LogP contribution in [0.2, 0.25) is 0 Å². The molecular formula is C16H18N4. The number of nitrogens with zero attached hydrogens (tertiary/aromatic N) is 4. The second-order valence-corrected chi connectivity index (χ2v) is 6.01. The van der Waals surface area contributed by atoms with E-state index in [1.165, 1.54) is 0 Å². The molecule has 0 N–H and O–H groups in total. The van der Waals surface area contributed by atoms with Crippen LogP contribution < -0.4 is 0 Å². The lowest BCUT2D eigenvalue weighted by Crippen LogP contribution is -2.50. The van der Waals surface area contributed by atoms with Crippen LogP contribution in [-0.4, -0.2) is 0 Å². The first-order valence-corrected chi connectivity index (χ1v) is 7.26. The van der Waals surface area contributed by atoms with Crippen molar-refractivity contribution in [2.45, 2.75) is 38.5 Å². The molecule has 20 heavy (non-hydrogen) atoms. The lowest BCUT2D eigenvalue weighted by Gasteiger charge is -2.55. The Kier molecular flexibility index (Phi) is 4.61. The first-order chi connectivity index (χ1) is 9.78. The number of rotatable bonds is 4. The number of hydrogen-bond donors (Lipinski definition) is 0. The van der Waals surface area contributed by atoms with E-state index in [0.29, 0.717) is 37.5 Å². The summed E-state index contributed by atoms with van der Waals surface area (Å²) < 4.78 is 0. The van der Waals surface area contributed by atoms with E-state index >= 15 is 0 Å². The molecule has 0 amide bonds. The zero-order chi connectivity index (χ0) is 14.5. The summed E-state index contributed by atoms with van der Waals surface area (Å²) in [6, 6.07) is 9.05. The molecule has 0 aromatic rings. The smallest absolute Gasteiger partial charge is 0.0624 e. The molecule has 102 valence electrons. The molecule has 0 spiro atoms. The van der Waals surface area contributed by atoms with Gasteiger partial charge in [-0.2, -0.15) is 21.0 Å². The van der Waals surface area contributed by atoms with Gasteiger partial charge in [-0.1, -0.05) is 0 Å². The van der Waals surface area contributed by atoms with Gasteiger partial charge >= 0.3 is 0 Å². The summed E-state index contributed by atoms with van der Waals surface area (Å²) in [6.45, 7) is 0. The van der Waals surface area contributed by atoms with Gasteiger partial charge in [0.1, 0.15) is 0 Å². The van der Waals surface area contributed by atoms with E-state index in [2.05, 4.69) is 24.3 Å². The Labute approximate surface area is 120 Å². The fraction of sp³-hybridized carbons (Fsp3) is 0.750. The molecule has 0 radical (unpaired) electrons. The fourth-order valence-electron chi connectivity index (χ4n) is 4.78. The van der Waals surface area contributed by atoms with Crippen LogP contribution in [0.15, 0.2) is 0 Å². The third kappa shape index (κ3) is 2.35. The van der Waals surface area contributed by atoms with Crippen molar-refractivity contribution in [3.63, 3.8) is 0 Å². The van der Waals surface area contributed by atoms with Crippen LogP contribution in [0.3, 0.4) is 0 Å². The minimum absolute atomic E-state index is 0.242. The quantitative estimate of drug-likeness (QED) is 0.780. The van der Waals surface area contributed by atoms with Crippen LogP contribution in [0.1, 0.15) is 38.5 Å². The second kappa shape index (κ2) is 6.41. The Balaban J connectivity index is 2.31. The molecule has 0 heterocycles. The first kappa shape index (κ1) is 14.4. The third-order valence-electron chi connectivity index (χ3n) is 5.44. The predicted octanol–water partition coefficient (Wildman–Crippen LogP) is 3.15. The van der Waals surface area contributed by atoms with Crippen LogP contribution in [0.5, 0.6) is 0 Å². The topological polar surface area (TPSA) is 95.2 Å². The number of nitriles is 4. The van der Waals surface area contributed by atoms with Gasteiger partial charge in [-0.05, 0) is 48.3 Å². The summed E-state index contributed by atoms with van der Waals surface area (Å²) in [4.78, 5) is 0. The largest absolute Gasteiger partial charge is 0.198 e. The summed E-state index contributed by atoms with van der Waals surface area (Å²) in [5, 5.41) is 36.3. The van der Waals surface area contributed by atoms with Crippen molar-refractivity contribution in [3.8, 4) is 24.3 Å². The molecule has 4 heteroatoms. The van der Waals surface area contributed by atoms with Crippen LogP contribution in [-0.2, 0) is 0 Å². The second-order valence-electron chi connectivity index (χ2n) is 6.01. The summed E-state index contributed by atoms with van der Waals surface area (Å²) in [5.74, 6) is 1.66. The highest BCUT2D eigenvalue weighted by Gasteiger charge is 2.52. The molecule has 3 fully saturated rings. The van der Waals surface area contributed by atoms with Gasteiger partial charge in [0.05, 0.1) is 24.3 Å². The summed E-state index contributed by atoms with van der Waals surface area (Å²) >= 11 is 0. The van der Waals surface area contributed by atoms with Gasteiger partial charge in [0.2, 0.25) is 0 Å². The zero-order valence-electron chi connectivity index (χ0n) is 11.5. The van der Waals surface area contributed by atoms with E-state index < -0.39 is 0 Å². The molecule has 3 rings (SSSR count). The lowest BCUT2D eigenvalue weighted by atomic mass is 9.48. The monoisotopic (exact) mass is 266 g/mol. The van der Waals surface area contributed by atoms with Gasteiger partial charge in [-0.15, -0.1) is 0 Å². The molecular weight excluding hydrogens is 248 g/mol. The molecule has 4 unspecified atom stereocenters. The zero-order valence-corrected chi connectivity index (χ0v) is 11.5. The van der Waals surface area contributed by atoms with E-state index in [1.54, 1.807) is 0 Å². The molecule has 3 saturated carbocycles. The van der Waals surface area contributed by atoms with Gasteiger partial charge in [-0.3, -0.25) is 0 Å². The average molecular weight is 266 g/mol. The van der Waals surface area contributed by atoms with Crippen molar-refractivity contribution >= 4 is 0 Å². The van der Waals surface area contributed by atoms with Crippen molar-refractivity contribution in [2.75, 3.05) is 0 Å². The molecule has 0 aromatic carbocycles. The molecule has 3 aliphatic carbocycles. The predicted molar refractivity (Wildman–Crippen MR) is 71.1 cm³/mol. The molecule has 2 bridgehead atoms. The maximum absolute atomic E-state index is 9.07. The summed E-state index contributed by atoms with van der Waals surface area (Å²) in [7, 11) is 0. The van der Waals surface area contributed by atoms with Gasteiger partial charge < -0.3 is 0 Å². The molecule has 3 aliphatic rings. The maximum Gasteiger partial charge on any atom is 0.0624 e. The van der Waals surface area contributed by atoms with E-state index in [1.807, 2.05) is 0 Å². The van der Waals surface area contributed by atoms with Crippen molar-refractivity contribution in [3.05, 3.63) is 0 Å². The molecule has 0 saturated heterocycles. The SMILES string of the molecule is N#CCC1C(CC#N)C2CCC1C(CC#N)C2CC#N. The normalized spacial score (nSPS) is 38.2. The standard InChI is InChI=1S/C16H18N4/c17-7-3-13-11-1-2-12(15(13)5-9-19)16(6-10-20)14(11)4-8-18/h11-16H,1-6H2. The Morgan fingerprint density at radius 3 is 1.00 bits per heavy atom. The van der Waals surface area contributed by atoms with Crippen LogP contribution in [0.25, 0.3) is 0 Å². The highest BCUT2D eigenvalue weighted by molar-refractivity contribution is 5.07. The lowest BCUT2D eigenvalue weighted by molar-refractivity contribution is -0.0692. The first-order valence-electron chi connectivity index (χ1n) is 7.26. The van der Waals surface area contributed by atoms with Crippen LogP contribution in [0.4, 0.5) is 0 Å². The Morgan fingerprint density at radius 1 is 0.550 bits per heavy atom. The Morgan fingerprint density at radius 2 is 0.800 bits per heavy atom. The van der Waals surface area contributed by atoms with Crippen LogP contribution >= 0.6 is 0 Å². The van der Waals surface area contributed by atoms with Gasteiger partial charge in [0.25, 0.3) is 0 Å². The highest BCUT2D eigenvalue weighted by atomic mass is 14.6. The maximum atomic E-state index is 9.07. The van der Waals surface area contributed by atoms with Crippen LogP contribution in [0, 0.1) is 80.8 Å². The van der Waals surface area contributed by atoms with Crippen molar-refractivity contribution in [1.29, 1.82) is 21.0 Å². The fourth-order valence-corrected chi connectivity index (χ4v) is 4.78. The molecule has 4 atom stereocenters. The van der Waals surface area contributed by atoms with E-state index in [9.17, 15) is 0 Å². The summed E-state index contributed by atoms with van der Waals surface area (Å²) in [6.07, 6.45) is 4.02. The third-order valence-corrected chi connectivity index (χ3v) is 5.44. The van der Waals surface area contributed by atoms with Crippen molar-refractivity contribution in [2.24, 2.45) is 35.5 Å². The van der Waals surface area contributed by atoms with Gasteiger partial charge in [0.15, 0.2) is 0 Å². The minimum atomic E-state index is 0.242. The Bertz CT molecular complexity index is 421. The number of hydrogen-bond acceptors (Lipinski definition) is 4. The molecule has 0 aliphatic heterocycles. The highest BCUT2D eigenvalue weighted by Crippen LogP contribution is 2.58.